The maximum absolute atomic E-state index is 12.3. The highest BCUT2D eigenvalue weighted by Gasteiger charge is 2.34. The van der Waals surface area contributed by atoms with Crippen molar-refractivity contribution in [3.63, 3.8) is 0 Å². The molecule has 0 N–H and O–H groups in total. The summed E-state index contributed by atoms with van der Waals surface area (Å²) in [4.78, 5) is 25.9. The van der Waals surface area contributed by atoms with Crippen LogP contribution < -0.4 is 0 Å². The van der Waals surface area contributed by atoms with Crippen molar-refractivity contribution < 1.29 is 14.0 Å². The number of hydrogen-bond acceptors (Lipinski definition) is 4. The van der Waals surface area contributed by atoms with Crippen LogP contribution in [0.2, 0.25) is 5.02 Å². The minimum atomic E-state index is -0.293. The van der Waals surface area contributed by atoms with Crippen molar-refractivity contribution >= 4 is 40.6 Å². The van der Waals surface area contributed by atoms with Gasteiger partial charge in [0.2, 0.25) is 0 Å². The van der Waals surface area contributed by atoms with E-state index in [1.165, 1.54) is 4.90 Å². The van der Waals surface area contributed by atoms with Gasteiger partial charge in [-0.3, -0.25) is 14.5 Å². The lowest BCUT2D eigenvalue weighted by Crippen LogP contribution is -2.27. The Bertz CT molecular complexity index is 779. The smallest absolute Gasteiger partial charge is 0.293 e. The van der Waals surface area contributed by atoms with Crippen LogP contribution in [0.5, 0.6) is 0 Å². The van der Waals surface area contributed by atoms with Crippen LogP contribution in [0.25, 0.3) is 6.08 Å². The van der Waals surface area contributed by atoms with Crippen LogP contribution >= 0.6 is 23.4 Å². The molecule has 2 heterocycles. The molecule has 0 bridgehead atoms. The van der Waals surface area contributed by atoms with E-state index in [1.54, 1.807) is 60.9 Å². The number of thioether (sulfide) groups is 1. The van der Waals surface area contributed by atoms with Crippen molar-refractivity contribution in [2.75, 3.05) is 0 Å². The summed E-state index contributed by atoms with van der Waals surface area (Å²) in [5, 5.41) is 0.341. The van der Waals surface area contributed by atoms with Crippen molar-refractivity contribution in [3.05, 3.63) is 76.1 Å². The van der Waals surface area contributed by atoms with Crippen molar-refractivity contribution in [1.82, 2.24) is 4.90 Å². The molecule has 0 radical (unpaired) electrons. The fourth-order valence-electron chi connectivity index (χ4n) is 2.04. The summed E-state index contributed by atoms with van der Waals surface area (Å²) in [7, 11) is 0. The predicted octanol–water partition coefficient (Wildman–Crippen LogP) is 4.73. The normalized spacial score (nSPS) is 16.9. The van der Waals surface area contributed by atoms with Crippen LogP contribution in [-0.4, -0.2) is 16.0 Å². The molecule has 0 unspecified atom stereocenters. The molecule has 0 aliphatic carbocycles. The van der Waals surface area contributed by atoms with Gasteiger partial charge >= 0.3 is 0 Å². The Hall–Kier alpha value is -2.24. The molecule has 2 amide bonds. The first-order valence-electron chi connectivity index (χ1n) is 6.83. The number of carbonyl (C=O) groups is 2. The Morgan fingerprint density at radius 1 is 1.17 bits per heavy atom. The van der Waals surface area contributed by atoms with E-state index in [1.807, 2.05) is 0 Å². The van der Waals surface area contributed by atoms with Gasteiger partial charge in [-0.05, 0) is 53.7 Å². The average Bonchev–Trinajstić information content (AvgIpc) is 3.14. The molecule has 1 aliphatic rings. The van der Waals surface area contributed by atoms with Gasteiger partial charge < -0.3 is 4.42 Å². The van der Waals surface area contributed by atoms with Gasteiger partial charge in [-0.1, -0.05) is 29.8 Å². The van der Waals surface area contributed by atoms with Crippen LogP contribution in [0.3, 0.4) is 0 Å². The standard InChI is InChI=1S/C17H12ClNO3S/c18-13-8-6-12(7-9-13)11-19-16(20)15(23-17(19)21)5-1-3-14-4-2-10-22-14/h1-10H,11H2/b3-1+,15-5+. The molecule has 1 aromatic heterocycles. The largest absolute Gasteiger partial charge is 0.465 e. The highest BCUT2D eigenvalue weighted by Crippen LogP contribution is 2.32. The molecule has 3 rings (SSSR count). The second-order valence-corrected chi connectivity index (χ2v) is 6.22. The first kappa shape index (κ1) is 15.6. The minimum absolute atomic E-state index is 0.237. The van der Waals surface area contributed by atoms with Crippen molar-refractivity contribution in [2.45, 2.75) is 6.54 Å². The average molecular weight is 346 g/mol. The molecule has 6 heteroatoms. The maximum Gasteiger partial charge on any atom is 0.293 e. The highest BCUT2D eigenvalue weighted by molar-refractivity contribution is 8.18. The van der Waals surface area contributed by atoms with Gasteiger partial charge in [-0.15, -0.1) is 0 Å². The Balaban J connectivity index is 1.70. The van der Waals surface area contributed by atoms with Crippen LogP contribution in [-0.2, 0) is 11.3 Å². The number of carbonyl (C=O) groups excluding carboxylic acids is 2. The summed E-state index contributed by atoms with van der Waals surface area (Å²) in [6.07, 6.45) is 6.61. The number of benzene rings is 1. The molecule has 1 aliphatic heterocycles. The van der Waals surface area contributed by atoms with Crippen LogP contribution in [0.4, 0.5) is 4.79 Å². The van der Waals surface area contributed by atoms with E-state index in [0.29, 0.717) is 15.7 Å². The van der Waals surface area contributed by atoms with Crippen molar-refractivity contribution in [2.24, 2.45) is 0 Å². The van der Waals surface area contributed by atoms with Gasteiger partial charge in [0, 0.05) is 5.02 Å². The van der Waals surface area contributed by atoms with E-state index in [2.05, 4.69) is 0 Å². The molecule has 23 heavy (non-hydrogen) atoms. The van der Waals surface area contributed by atoms with E-state index >= 15 is 0 Å². The highest BCUT2D eigenvalue weighted by atomic mass is 35.5. The molecule has 0 atom stereocenters. The summed E-state index contributed by atoms with van der Waals surface area (Å²) < 4.78 is 5.16. The lowest BCUT2D eigenvalue weighted by molar-refractivity contribution is -0.123. The molecular formula is C17H12ClNO3S. The molecule has 1 fully saturated rings. The lowest BCUT2D eigenvalue weighted by atomic mass is 10.2. The first-order valence-corrected chi connectivity index (χ1v) is 8.03. The molecule has 4 nitrogen and oxygen atoms in total. The Labute approximate surface area is 142 Å². The fourth-order valence-corrected chi connectivity index (χ4v) is 2.96. The quantitative estimate of drug-likeness (QED) is 0.752. The zero-order valence-corrected chi connectivity index (χ0v) is 13.5. The Kier molecular flexibility index (Phi) is 4.69. The molecule has 2 aromatic rings. The third-order valence-electron chi connectivity index (χ3n) is 3.18. The first-order chi connectivity index (χ1) is 11.1. The van der Waals surface area contributed by atoms with Gasteiger partial charge in [0.1, 0.15) is 5.76 Å². The molecule has 1 aromatic carbocycles. The van der Waals surface area contributed by atoms with Crippen LogP contribution in [0.1, 0.15) is 11.3 Å². The zero-order valence-electron chi connectivity index (χ0n) is 11.9. The lowest BCUT2D eigenvalue weighted by Gasteiger charge is -2.12. The third kappa shape index (κ3) is 3.75. The molecule has 0 spiro atoms. The molecule has 116 valence electrons. The number of allylic oxidation sites excluding steroid dienone is 2. The van der Waals surface area contributed by atoms with Gasteiger partial charge in [0.15, 0.2) is 0 Å². The summed E-state index contributed by atoms with van der Waals surface area (Å²) in [5.41, 5.74) is 0.851. The van der Waals surface area contributed by atoms with Crippen LogP contribution in [0, 0.1) is 0 Å². The van der Waals surface area contributed by atoms with Crippen LogP contribution in [0.15, 0.2) is 64.1 Å². The summed E-state index contributed by atoms with van der Waals surface area (Å²) in [6, 6.07) is 10.6. The number of imide groups is 1. The monoisotopic (exact) mass is 345 g/mol. The van der Waals surface area contributed by atoms with E-state index in [0.717, 1.165) is 17.3 Å². The maximum atomic E-state index is 12.3. The van der Waals surface area contributed by atoms with E-state index in [4.69, 9.17) is 16.0 Å². The van der Waals surface area contributed by atoms with Crippen molar-refractivity contribution in [1.29, 1.82) is 0 Å². The van der Waals surface area contributed by atoms with Gasteiger partial charge in [-0.2, -0.15) is 0 Å². The number of amides is 2. The van der Waals surface area contributed by atoms with Gasteiger partial charge in [-0.25, -0.2) is 0 Å². The Morgan fingerprint density at radius 3 is 2.65 bits per heavy atom. The molecule has 1 saturated heterocycles. The Morgan fingerprint density at radius 2 is 1.96 bits per heavy atom. The topological polar surface area (TPSA) is 50.5 Å². The number of halogens is 1. The summed E-state index contributed by atoms with van der Waals surface area (Å²) in [6.45, 7) is 0.237. The number of furan rings is 1. The number of rotatable bonds is 4. The van der Waals surface area contributed by atoms with E-state index in [9.17, 15) is 9.59 Å². The SMILES string of the molecule is O=C1S/C(=C/C=C/c2ccco2)C(=O)N1Cc1ccc(Cl)cc1. The second-order valence-electron chi connectivity index (χ2n) is 4.79. The third-order valence-corrected chi connectivity index (χ3v) is 4.36. The van der Waals surface area contributed by atoms with E-state index < -0.39 is 0 Å². The minimum Gasteiger partial charge on any atom is -0.465 e. The number of hydrogen-bond donors (Lipinski definition) is 0. The predicted molar refractivity (Wildman–Crippen MR) is 90.8 cm³/mol. The molecule has 0 saturated carbocycles. The second kappa shape index (κ2) is 6.89. The van der Waals surface area contributed by atoms with Crippen molar-refractivity contribution in [3.8, 4) is 0 Å². The number of nitrogens with zero attached hydrogens (tertiary/aromatic N) is 1. The van der Waals surface area contributed by atoms with Gasteiger partial charge in [0.25, 0.3) is 11.1 Å². The molecular weight excluding hydrogens is 334 g/mol. The fraction of sp³-hybridized carbons (Fsp3) is 0.0588. The summed E-state index contributed by atoms with van der Waals surface area (Å²) in [5.74, 6) is 0.390. The van der Waals surface area contributed by atoms with E-state index in [-0.39, 0.29) is 17.7 Å². The summed E-state index contributed by atoms with van der Waals surface area (Å²) >= 11 is 6.76. The zero-order chi connectivity index (χ0) is 16.2. The van der Waals surface area contributed by atoms with Gasteiger partial charge in [0.05, 0.1) is 17.7 Å².